The van der Waals surface area contributed by atoms with E-state index >= 15 is 0 Å². The van der Waals surface area contributed by atoms with Crippen molar-refractivity contribution in [2.45, 2.75) is 108 Å². The van der Waals surface area contributed by atoms with E-state index in [0.29, 0.717) is 51.3 Å². The van der Waals surface area contributed by atoms with Crippen LogP contribution in [0.4, 0.5) is 0 Å². The molecular weight excluding hydrogens is 588 g/mol. The second-order valence-electron chi connectivity index (χ2n) is 12.3. The molecule has 2 aliphatic heterocycles. The Morgan fingerprint density at radius 1 is 0.870 bits per heavy atom. The number of allylic oxidation sites excluding steroid dienone is 2. The van der Waals surface area contributed by atoms with Crippen LogP contribution in [0.2, 0.25) is 0 Å². The molecule has 1 N–H and O–H groups in total. The number of unbranched alkanes of at least 4 members (excludes halogenated alkanes) is 1. The Balaban J connectivity index is 1.16. The van der Waals surface area contributed by atoms with Gasteiger partial charge in [-0.05, 0) is 82.1 Å². The lowest BCUT2D eigenvalue weighted by Gasteiger charge is -2.32. The summed E-state index contributed by atoms with van der Waals surface area (Å²) in [6.45, 7) is 1.96. The number of ether oxygens (including phenoxy) is 7. The molecule has 3 fully saturated rings. The molecule has 2 aromatic rings. The summed E-state index contributed by atoms with van der Waals surface area (Å²) in [7, 11) is 0. The van der Waals surface area contributed by atoms with Crippen molar-refractivity contribution in [1.82, 2.24) is 0 Å². The third kappa shape index (κ3) is 11.5. The number of para-hydroxylation sites is 2. The van der Waals surface area contributed by atoms with Crippen molar-refractivity contribution < 1.29 is 43.1 Å². The third-order valence-electron chi connectivity index (χ3n) is 8.66. The molecular formula is C37H50O9. The van der Waals surface area contributed by atoms with E-state index in [1.165, 1.54) is 0 Å². The van der Waals surface area contributed by atoms with E-state index < -0.39 is 6.10 Å². The number of rotatable bonds is 17. The number of esters is 1. The predicted octanol–water partition coefficient (Wildman–Crippen LogP) is 6.38. The van der Waals surface area contributed by atoms with Crippen LogP contribution in [0.3, 0.4) is 0 Å². The molecule has 9 heteroatoms. The Labute approximate surface area is 273 Å². The number of hydrogen-bond acceptors (Lipinski definition) is 9. The average molecular weight is 639 g/mol. The summed E-state index contributed by atoms with van der Waals surface area (Å²) in [5.74, 6) is 0.930. The number of hydrogen-bond donors (Lipinski definition) is 1. The quantitative estimate of drug-likeness (QED) is 0.0916. The molecule has 252 valence electrons. The Kier molecular flexibility index (Phi) is 14.4. The van der Waals surface area contributed by atoms with E-state index in [1.807, 2.05) is 48.5 Å². The first-order valence-corrected chi connectivity index (χ1v) is 17.1. The Morgan fingerprint density at radius 3 is 2.26 bits per heavy atom. The number of aliphatic hydroxyl groups is 1. The van der Waals surface area contributed by atoms with Gasteiger partial charge in [0.05, 0.1) is 24.9 Å². The molecule has 9 nitrogen and oxygen atoms in total. The molecule has 0 spiro atoms. The van der Waals surface area contributed by atoms with E-state index in [9.17, 15) is 9.90 Å². The number of carbonyl (C=O) groups is 1. The summed E-state index contributed by atoms with van der Waals surface area (Å²) < 4.78 is 42.6. The van der Waals surface area contributed by atoms with E-state index in [2.05, 4.69) is 12.2 Å². The van der Waals surface area contributed by atoms with E-state index in [1.54, 1.807) is 12.1 Å². The van der Waals surface area contributed by atoms with Crippen LogP contribution in [0.15, 0.2) is 72.8 Å². The van der Waals surface area contributed by atoms with E-state index in [-0.39, 0.29) is 49.4 Å². The van der Waals surface area contributed by atoms with Gasteiger partial charge in [-0.15, -0.1) is 0 Å². The van der Waals surface area contributed by atoms with Gasteiger partial charge in [-0.3, -0.25) is 4.79 Å². The molecule has 2 heterocycles. The van der Waals surface area contributed by atoms with Crippen molar-refractivity contribution in [1.29, 1.82) is 0 Å². The lowest BCUT2D eigenvalue weighted by atomic mass is 9.98. The molecule has 5 rings (SSSR count). The first kappa shape index (κ1) is 34.5. The summed E-state index contributed by atoms with van der Waals surface area (Å²) in [4.78, 5) is 12.2. The van der Waals surface area contributed by atoms with Crippen molar-refractivity contribution in [2.24, 2.45) is 5.92 Å². The fourth-order valence-electron chi connectivity index (χ4n) is 6.20. The number of aliphatic hydroxyl groups excluding tert-OH is 1. The smallest absolute Gasteiger partial charge is 0.311 e. The zero-order chi connectivity index (χ0) is 31.8. The van der Waals surface area contributed by atoms with Crippen molar-refractivity contribution in [3.8, 4) is 11.5 Å². The zero-order valence-electron chi connectivity index (χ0n) is 26.8. The molecule has 3 aliphatic rings. The van der Waals surface area contributed by atoms with Crippen molar-refractivity contribution in [3.05, 3.63) is 72.8 Å². The fraction of sp³-hybridized carbons (Fsp3) is 0.595. The molecule has 7 unspecified atom stereocenters. The molecule has 0 bridgehead atoms. The maximum absolute atomic E-state index is 12.2. The topological polar surface area (TPSA) is 102 Å². The molecule has 2 aromatic carbocycles. The molecule has 46 heavy (non-hydrogen) atoms. The highest BCUT2D eigenvalue weighted by Gasteiger charge is 2.45. The minimum absolute atomic E-state index is 0.158. The van der Waals surface area contributed by atoms with Gasteiger partial charge in [0.1, 0.15) is 24.2 Å². The lowest BCUT2D eigenvalue weighted by Crippen LogP contribution is -2.40. The molecule has 0 aromatic heterocycles. The number of carbonyl (C=O) groups excluding carboxylic acids is 1. The Hall–Kier alpha value is -2.79. The van der Waals surface area contributed by atoms with Gasteiger partial charge in [0.15, 0.2) is 12.6 Å². The van der Waals surface area contributed by atoms with Crippen LogP contribution in [-0.2, 0) is 28.5 Å². The minimum atomic E-state index is -0.578. The zero-order valence-corrected chi connectivity index (χ0v) is 26.8. The van der Waals surface area contributed by atoms with Crippen LogP contribution in [0, 0.1) is 5.92 Å². The van der Waals surface area contributed by atoms with Gasteiger partial charge < -0.3 is 38.3 Å². The first-order chi connectivity index (χ1) is 22.6. The molecule has 1 saturated carbocycles. The largest absolute Gasteiger partial charge is 0.491 e. The van der Waals surface area contributed by atoms with Crippen LogP contribution in [0.1, 0.15) is 70.6 Å². The van der Waals surface area contributed by atoms with Crippen LogP contribution >= 0.6 is 0 Å². The second-order valence-corrected chi connectivity index (χ2v) is 12.3. The summed E-state index contributed by atoms with van der Waals surface area (Å²) in [6, 6.07) is 18.8. The first-order valence-electron chi connectivity index (χ1n) is 17.1. The van der Waals surface area contributed by atoms with E-state index in [4.69, 9.17) is 33.2 Å². The van der Waals surface area contributed by atoms with E-state index in [0.717, 1.165) is 50.7 Å². The summed E-state index contributed by atoms with van der Waals surface area (Å²) in [5, 5.41) is 11.2. The maximum Gasteiger partial charge on any atom is 0.311 e. The average Bonchev–Trinajstić information content (AvgIpc) is 3.38. The van der Waals surface area contributed by atoms with Crippen molar-refractivity contribution in [2.75, 3.05) is 26.4 Å². The molecule has 0 amide bonds. The molecule has 7 atom stereocenters. The Bertz CT molecular complexity index is 1150. The van der Waals surface area contributed by atoms with Crippen LogP contribution in [0.5, 0.6) is 11.5 Å². The monoisotopic (exact) mass is 638 g/mol. The Morgan fingerprint density at radius 2 is 1.57 bits per heavy atom. The van der Waals surface area contributed by atoms with Gasteiger partial charge >= 0.3 is 5.97 Å². The molecule has 0 radical (unpaired) electrons. The van der Waals surface area contributed by atoms with Gasteiger partial charge in [0.25, 0.3) is 0 Å². The lowest BCUT2D eigenvalue weighted by molar-refractivity contribution is -0.226. The summed E-state index contributed by atoms with van der Waals surface area (Å²) in [6.07, 6.45) is 10.7. The highest BCUT2D eigenvalue weighted by atomic mass is 16.7. The second kappa shape index (κ2) is 19.1. The van der Waals surface area contributed by atoms with Crippen molar-refractivity contribution in [3.63, 3.8) is 0 Å². The summed E-state index contributed by atoms with van der Waals surface area (Å²) >= 11 is 0. The van der Waals surface area contributed by atoms with Crippen LogP contribution in [-0.4, -0.2) is 74.5 Å². The standard InChI is InChI=1S/C37H50O9/c38-32-25-33(46-36-22-12-14-24-41-36)37(31(32)19-9-1-2-10-20-34(39)44-29-17-7-4-8-18-29)43-27-30(45-35-21-11-13-23-40-35)26-42-28-15-5-3-6-16-28/h1,3-9,15-18,30-33,35-38H,2,10-14,19-27H2. The third-order valence-corrected chi connectivity index (χ3v) is 8.66. The highest BCUT2D eigenvalue weighted by Crippen LogP contribution is 2.36. The molecule has 1 aliphatic carbocycles. The SMILES string of the molecule is O=C(CCCC=CCC1C(O)CC(OC2CCCCO2)C1OCC(COc1ccccc1)OC1CCCCO1)Oc1ccccc1. The van der Waals surface area contributed by atoms with Crippen LogP contribution < -0.4 is 9.47 Å². The fourth-order valence-corrected chi connectivity index (χ4v) is 6.20. The number of benzene rings is 2. The van der Waals surface area contributed by atoms with Crippen molar-refractivity contribution >= 4 is 5.97 Å². The predicted molar refractivity (Wildman–Crippen MR) is 172 cm³/mol. The van der Waals surface area contributed by atoms with Gasteiger partial charge in [-0.25, -0.2) is 0 Å². The van der Waals surface area contributed by atoms with Crippen LogP contribution in [0.25, 0.3) is 0 Å². The van der Waals surface area contributed by atoms with Gasteiger partial charge in [-0.1, -0.05) is 48.6 Å². The minimum Gasteiger partial charge on any atom is -0.491 e. The normalized spacial score (nSPS) is 27.4. The highest BCUT2D eigenvalue weighted by molar-refractivity contribution is 5.72. The van der Waals surface area contributed by atoms with Gasteiger partial charge in [-0.2, -0.15) is 0 Å². The summed E-state index contributed by atoms with van der Waals surface area (Å²) in [5.41, 5.74) is 0. The maximum atomic E-state index is 12.2. The van der Waals surface area contributed by atoms with Gasteiger partial charge in [0.2, 0.25) is 0 Å². The van der Waals surface area contributed by atoms with Gasteiger partial charge in [0, 0.05) is 32.0 Å². The molecule has 2 saturated heterocycles.